The maximum atomic E-state index is 12.8. The number of rotatable bonds is 8. The molecule has 1 unspecified atom stereocenters. The average Bonchev–Trinajstić information content (AvgIpc) is 2.65. The molecule has 29 heavy (non-hydrogen) atoms. The molecule has 8 nitrogen and oxygen atoms in total. The summed E-state index contributed by atoms with van der Waals surface area (Å²) in [6, 6.07) is 5.66. The Hall–Kier alpha value is -1.49. The van der Waals surface area contributed by atoms with Crippen molar-refractivity contribution < 1.29 is 21.6 Å². The van der Waals surface area contributed by atoms with E-state index in [2.05, 4.69) is 9.44 Å². The second kappa shape index (κ2) is 9.55. The number of hydrogen-bond donors (Lipinski definition) is 2. The first-order valence-electron chi connectivity index (χ1n) is 9.82. The van der Waals surface area contributed by atoms with Crippen molar-refractivity contribution in [3.8, 4) is 0 Å². The average molecular weight is 446 g/mol. The predicted octanol–water partition coefficient (Wildman–Crippen LogP) is 1.55. The van der Waals surface area contributed by atoms with Gasteiger partial charge in [0.15, 0.2) is 0 Å². The SMILES string of the molecule is CC(C)NS(=O)(=O)c1ccc(C(=O)N2CCCC(CNS(=O)(=O)C(C)C)C2)cc1. The third-order valence-electron chi connectivity index (χ3n) is 4.80. The van der Waals surface area contributed by atoms with Crippen LogP contribution < -0.4 is 9.44 Å². The Balaban J connectivity index is 2.02. The van der Waals surface area contributed by atoms with E-state index >= 15 is 0 Å². The van der Waals surface area contributed by atoms with Gasteiger partial charge in [0.1, 0.15) is 0 Å². The molecule has 0 saturated carbocycles. The quantitative estimate of drug-likeness (QED) is 0.630. The maximum Gasteiger partial charge on any atom is 0.253 e. The van der Waals surface area contributed by atoms with Gasteiger partial charge in [-0.1, -0.05) is 0 Å². The van der Waals surface area contributed by atoms with E-state index in [0.29, 0.717) is 25.2 Å². The molecule has 0 aliphatic carbocycles. The van der Waals surface area contributed by atoms with Gasteiger partial charge in [-0.15, -0.1) is 0 Å². The van der Waals surface area contributed by atoms with Crippen LogP contribution in [0.1, 0.15) is 50.9 Å². The number of amides is 1. The fourth-order valence-corrected chi connectivity index (χ4v) is 5.21. The molecule has 1 fully saturated rings. The Morgan fingerprint density at radius 1 is 1.10 bits per heavy atom. The topological polar surface area (TPSA) is 113 Å². The number of hydrogen-bond acceptors (Lipinski definition) is 5. The molecule has 0 bridgehead atoms. The standard InChI is InChI=1S/C19H31N3O5S2/c1-14(2)21-29(26,27)18-9-7-17(8-10-18)19(23)22-11-5-6-16(13-22)12-20-28(24,25)15(3)4/h7-10,14-16,20-21H,5-6,11-13H2,1-4H3. The molecule has 0 radical (unpaired) electrons. The van der Waals surface area contributed by atoms with Crippen molar-refractivity contribution in [2.75, 3.05) is 19.6 Å². The predicted molar refractivity (Wildman–Crippen MR) is 113 cm³/mol. The van der Waals surface area contributed by atoms with Crippen molar-refractivity contribution in [1.82, 2.24) is 14.3 Å². The lowest BCUT2D eigenvalue weighted by atomic mass is 9.97. The minimum absolute atomic E-state index is 0.0520. The van der Waals surface area contributed by atoms with Gasteiger partial charge in [0.25, 0.3) is 5.91 Å². The van der Waals surface area contributed by atoms with E-state index in [-0.39, 0.29) is 22.8 Å². The third kappa shape index (κ3) is 6.50. The molecule has 1 atom stereocenters. The number of nitrogens with zero attached hydrogens (tertiary/aromatic N) is 1. The number of nitrogens with one attached hydrogen (secondary N) is 2. The zero-order valence-corrected chi connectivity index (χ0v) is 19.0. The van der Waals surface area contributed by atoms with Crippen LogP contribution in [0, 0.1) is 5.92 Å². The van der Waals surface area contributed by atoms with E-state index in [0.717, 1.165) is 12.8 Å². The Bertz CT molecular complexity index is 910. The number of likely N-dealkylation sites (tertiary alicyclic amines) is 1. The smallest absolute Gasteiger partial charge is 0.253 e. The lowest BCUT2D eigenvalue weighted by molar-refractivity contribution is 0.0676. The van der Waals surface area contributed by atoms with Gasteiger partial charge in [-0.05, 0) is 70.7 Å². The zero-order valence-electron chi connectivity index (χ0n) is 17.4. The highest BCUT2D eigenvalue weighted by molar-refractivity contribution is 7.90. The number of carbonyl (C=O) groups is 1. The van der Waals surface area contributed by atoms with E-state index in [9.17, 15) is 21.6 Å². The van der Waals surface area contributed by atoms with Gasteiger partial charge in [-0.3, -0.25) is 4.79 Å². The van der Waals surface area contributed by atoms with Crippen LogP contribution in [0.3, 0.4) is 0 Å². The molecular weight excluding hydrogens is 414 g/mol. The van der Waals surface area contributed by atoms with Gasteiger partial charge in [-0.2, -0.15) is 0 Å². The summed E-state index contributed by atoms with van der Waals surface area (Å²) in [5.74, 6) is -0.127. The second-order valence-electron chi connectivity index (χ2n) is 8.00. The Morgan fingerprint density at radius 2 is 1.72 bits per heavy atom. The highest BCUT2D eigenvalue weighted by atomic mass is 32.2. The summed E-state index contributed by atoms with van der Waals surface area (Å²) in [4.78, 5) is 14.6. The molecule has 1 heterocycles. The van der Waals surface area contributed by atoms with Gasteiger partial charge in [-0.25, -0.2) is 26.3 Å². The first-order chi connectivity index (χ1) is 13.4. The summed E-state index contributed by atoms with van der Waals surface area (Å²) in [5.41, 5.74) is 0.414. The van der Waals surface area contributed by atoms with E-state index in [4.69, 9.17) is 0 Å². The lowest BCUT2D eigenvalue weighted by Gasteiger charge is -2.33. The van der Waals surface area contributed by atoms with Crippen LogP contribution in [0.2, 0.25) is 0 Å². The number of sulfonamides is 2. The molecule has 1 aromatic rings. The van der Waals surface area contributed by atoms with Crippen LogP contribution in [-0.2, 0) is 20.0 Å². The van der Waals surface area contributed by atoms with Crippen molar-refractivity contribution in [2.24, 2.45) is 5.92 Å². The molecule has 10 heteroatoms. The monoisotopic (exact) mass is 445 g/mol. The molecule has 2 rings (SSSR count). The van der Waals surface area contributed by atoms with Gasteiger partial charge < -0.3 is 4.90 Å². The van der Waals surface area contributed by atoms with Crippen LogP contribution in [0.4, 0.5) is 0 Å². The van der Waals surface area contributed by atoms with Gasteiger partial charge in [0.2, 0.25) is 20.0 Å². The van der Waals surface area contributed by atoms with Gasteiger partial charge in [0.05, 0.1) is 10.1 Å². The Labute approximate surface area is 174 Å². The van der Waals surface area contributed by atoms with E-state index in [1.807, 2.05) is 0 Å². The largest absolute Gasteiger partial charge is 0.338 e. The minimum Gasteiger partial charge on any atom is -0.338 e. The van der Waals surface area contributed by atoms with Crippen molar-refractivity contribution >= 4 is 26.0 Å². The van der Waals surface area contributed by atoms with Crippen LogP contribution in [-0.4, -0.2) is 58.6 Å². The van der Waals surface area contributed by atoms with E-state index in [1.165, 1.54) is 24.3 Å². The Kier molecular flexibility index (Phi) is 7.83. The molecule has 0 spiro atoms. The maximum absolute atomic E-state index is 12.8. The normalized spacial score (nSPS) is 18.4. The fraction of sp³-hybridized carbons (Fsp3) is 0.632. The summed E-state index contributed by atoms with van der Waals surface area (Å²) < 4.78 is 53.4. The summed E-state index contributed by atoms with van der Waals surface area (Å²) >= 11 is 0. The number of benzene rings is 1. The van der Waals surface area contributed by atoms with Crippen LogP contribution in [0.15, 0.2) is 29.2 Å². The van der Waals surface area contributed by atoms with Crippen LogP contribution in [0.25, 0.3) is 0 Å². The fourth-order valence-electron chi connectivity index (χ4n) is 3.15. The summed E-state index contributed by atoms with van der Waals surface area (Å²) in [6.45, 7) is 8.10. The third-order valence-corrected chi connectivity index (χ3v) is 8.29. The highest BCUT2D eigenvalue weighted by Crippen LogP contribution is 2.20. The molecule has 164 valence electrons. The van der Waals surface area contributed by atoms with E-state index in [1.54, 1.807) is 32.6 Å². The van der Waals surface area contributed by atoms with Crippen LogP contribution >= 0.6 is 0 Å². The Morgan fingerprint density at radius 3 is 2.28 bits per heavy atom. The van der Waals surface area contributed by atoms with Crippen molar-refractivity contribution in [3.63, 3.8) is 0 Å². The summed E-state index contributed by atoms with van der Waals surface area (Å²) in [6.07, 6.45) is 1.65. The van der Waals surface area contributed by atoms with Crippen molar-refractivity contribution in [1.29, 1.82) is 0 Å². The molecular formula is C19H31N3O5S2. The molecule has 1 aliphatic rings. The molecule has 1 amide bonds. The van der Waals surface area contributed by atoms with Crippen LogP contribution in [0.5, 0.6) is 0 Å². The van der Waals surface area contributed by atoms with Gasteiger partial charge in [0, 0.05) is 31.2 Å². The molecule has 1 saturated heterocycles. The highest BCUT2D eigenvalue weighted by Gasteiger charge is 2.26. The molecule has 1 aliphatic heterocycles. The first kappa shape index (κ1) is 23.8. The minimum atomic E-state index is -3.60. The summed E-state index contributed by atoms with van der Waals surface area (Å²) in [7, 11) is -6.94. The van der Waals surface area contributed by atoms with Gasteiger partial charge >= 0.3 is 0 Å². The lowest BCUT2D eigenvalue weighted by Crippen LogP contribution is -2.44. The first-order valence-corrected chi connectivity index (χ1v) is 12.9. The van der Waals surface area contributed by atoms with Crippen molar-refractivity contribution in [2.45, 2.75) is 56.7 Å². The van der Waals surface area contributed by atoms with E-state index < -0.39 is 25.3 Å². The molecule has 1 aromatic carbocycles. The second-order valence-corrected chi connectivity index (χ2v) is 12.0. The molecule has 0 aromatic heterocycles. The van der Waals surface area contributed by atoms with Crippen molar-refractivity contribution in [3.05, 3.63) is 29.8 Å². The molecule has 2 N–H and O–H groups in total. The zero-order chi connectivity index (χ0) is 21.8. The number of piperidine rings is 1. The summed E-state index contributed by atoms with van der Waals surface area (Å²) in [5, 5.41) is -0.496. The number of carbonyl (C=O) groups excluding carboxylic acids is 1.